The summed E-state index contributed by atoms with van der Waals surface area (Å²) in [5, 5.41) is 2.67. The third kappa shape index (κ3) is 4.10. The van der Waals surface area contributed by atoms with Crippen molar-refractivity contribution in [3.63, 3.8) is 0 Å². The van der Waals surface area contributed by atoms with Gasteiger partial charge in [-0.15, -0.1) is 11.5 Å². The van der Waals surface area contributed by atoms with Crippen molar-refractivity contribution in [1.82, 2.24) is 5.32 Å². The van der Waals surface area contributed by atoms with Gasteiger partial charge in [-0.1, -0.05) is 0 Å². The smallest absolute Gasteiger partial charge is 0.445 e. The van der Waals surface area contributed by atoms with Crippen LogP contribution in [0.25, 0.3) is 0 Å². The van der Waals surface area contributed by atoms with Crippen LogP contribution in [-0.2, 0) is 0 Å². The molecule has 0 unspecified atom stereocenters. The molecule has 0 amide bonds. The van der Waals surface area contributed by atoms with Crippen molar-refractivity contribution in [2.45, 2.75) is 6.42 Å². The van der Waals surface area contributed by atoms with E-state index in [9.17, 15) is 12.9 Å². The molecule has 1 aliphatic heterocycles. The maximum atomic E-state index is 11.9. The summed E-state index contributed by atoms with van der Waals surface area (Å²) in [6.07, 6.45) is 1.77. The largest absolute Gasteiger partial charge is 1.00 e. The maximum Gasteiger partial charge on any atom is 1.00 e. The van der Waals surface area contributed by atoms with Gasteiger partial charge in [0.15, 0.2) is 0 Å². The second-order valence-corrected chi connectivity index (χ2v) is 2.32. The Balaban J connectivity index is 0.000001000. The standard InChI is InChI=1S/C5H8BF3N.K/c7-6(8,9)5-2-1-3-10-4-5;/h2,10H,1,3-4H2;/q-1;+1. The van der Waals surface area contributed by atoms with Gasteiger partial charge >= 0.3 is 58.4 Å². The fraction of sp³-hybridized carbons (Fsp3) is 0.600. The van der Waals surface area contributed by atoms with Crippen LogP contribution >= 0.6 is 0 Å². The van der Waals surface area contributed by atoms with Crippen molar-refractivity contribution >= 4 is 6.98 Å². The van der Waals surface area contributed by atoms with E-state index in [-0.39, 0.29) is 63.4 Å². The van der Waals surface area contributed by atoms with Gasteiger partial charge in [-0.2, -0.15) is 0 Å². The topological polar surface area (TPSA) is 12.0 Å². The summed E-state index contributed by atoms with van der Waals surface area (Å²) in [6.45, 7) is -4.08. The first-order chi connectivity index (χ1) is 4.61. The zero-order chi connectivity index (χ0) is 7.61. The predicted molar refractivity (Wildman–Crippen MR) is 34.6 cm³/mol. The Bertz CT molecular complexity index is 156. The zero-order valence-corrected chi connectivity index (χ0v) is 9.53. The van der Waals surface area contributed by atoms with E-state index in [1.165, 1.54) is 6.08 Å². The van der Waals surface area contributed by atoms with E-state index in [1.54, 1.807) is 0 Å². The quantitative estimate of drug-likeness (QED) is 0.484. The van der Waals surface area contributed by atoms with Gasteiger partial charge in [0.2, 0.25) is 0 Å². The molecule has 58 valence electrons. The number of nitrogens with one attached hydrogen (secondary N) is 1. The Morgan fingerprint density at radius 2 is 2.00 bits per heavy atom. The van der Waals surface area contributed by atoms with Gasteiger partial charge < -0.3 is 18.3 Å². The first-order valence-electron chi connectivity index (χ1n) is 3.20. The molecule has 11 heavy (non-hydrogen) atoms. The molecule has 1 nitrogen and oxygen atoms in total. The Kier molecular flexibility index (Phi) is 5.58. The monoisotopic (exact) mass is 189 g/mol. The fourth-order valence-electron chi connectivity index (χ4n) is 0.914. The van der Waals surface area contributed by atoms with Crippen molar-refractivity contribution in [3.8, 4) is 0 Å². The number of rotatable bonds is 1. The Hall–Kier alpha value is 1.19. The average molecular weight is 189 g/mol. The molecule has 0 aliphatic carbocycles. The SMILES string of the molecule is F[B-](F)(F)C1=CCCNC1.[K+]. The van der Waals surface area contributed by atoms with Crippen molar-refractivity contribution in [3.05, 3.63) is 11.5 Å². The molecule has 1 rings (SSSR count). The van der Waals surface area contributed by atoms with Crippen LogP contribution in [0.3, 0.4) is 0 Å². The number of hydrogen-bond donors (Lipinski definition) is 1. The summed E-state index contributed by atoms with van der Waals surface area (Å²) in [7, 11) is 0. The molecule has 0 aromatic rings. The maximum absolute atomic E-state index is 11.9. The van der Waals surface area contributed by atoms with Crippen molar-refractivity contribution in [1.29, 1.82) is 0 Å². The molecule has 1 aliphatic rings. The summed E-state index contributed by atoms with van der Waals surface area (Å²) < 4.78 is 35.7. The van der Waals surface area contributed by atoms with E-state index in [0.29, 0.717) is 13.0 Å². The predicted octanol–water partition coefficient (Wildman–Crippen LogP) is -1.70. The molecule has 0 aromatic heterocycles. The molecule has 0 saturated heterocycles. The van der Waals surface area contributed by atoms with E-state index >= 15 is 0 Å². The fourth-order valence-corrected chi connectivity index (χ4v) is 0.914. The van der Waals surface area contributed by atoms with Crippen LogP contribution in [0.15, 0.2) is 11.5 Å². The van der Waals surface area contributed by atoms with E-state index < -0.39 is 6.98 Å². The number of halogens is 3. The minimum atomic E-state index is -4.73. The Morgan fingerprint density at radius 3 is 2.27 bits per heavy atom. The van der Waals surface area contributed by atoms with E-state index in [2.05, 4.69) is 5.32 Å². The van der Waals surface area contributed by atoms with Crippen molar-refractivity contribution in [2.75, 3.05) is 13.1 Å². The molecule has 0 bridgehead atoms. The first-order valence-corrected chi connectivity index (χ1v) is 3.20. The van der Waals surface area contributed by atoms with Gasteiger partial charge in [-0.05, 0) is 19.5 Å². The minimum absolute atomic E-state index is 0. The van der Waals surface area contributed by atoms with Crippen LogP contribution in [-0.4, -0.2) is 20.1 Å². The molecule has 0 fully saturated rings. The van der Waals surface area contributed by atoms with Crippen LogP contribution in [0.2, 0.25) is 0 Å². The zero-order valence-electron chi connectivity index (χ0n) is 6.41. The molecule has 0 atom stereocenters. The van der Waals surface area contributed by atoms with Crippen LogP contribution in [0.1, 0.15) is 6.42 Å². The summed E-state index contributed by atoms with van der Waals surface area (Å²) in [6, 6.07) is 0. The van der Waals surface area contributed by atoms with Gasteiger partial charge in [0.1, 0.15) is 0 Å². The Morgan fingerprint density at radius 1 is 1.36 bits per heavy atom. The van der Waals surface area contributed by atoms with Crippen molar-refractivity contribution in [2.24, 2.45) is 0 Å². The second kappa shape index (κ2) is 5.04. The Labute approximate surface area is 106 Å². The van der Waals surface area contributed by atoms with Gasteiger partial charge in [0.25, 0.3) is 0 Å². The van der Waals surface area contributed by atoms with E-state index in [4.69, 9.17) is 0 Å². The molecule has 0 saturated carbocycles. The van der Waals surface area contributed by atoms with Crippen LogP contribution in [0.4, 0.5) is 12.9 Å². The first kappa shape index (κ1) is 12.2. The third-order valence-corrected chi connectivity index (χ3v) is 1.48. The third-order valence-electron chi connectivity index (χ3n) is 1.48. The molecule has 0 aromatic carbocycles. The minimum Gasteiger partial charge on any atom is -0.445 e. The van der Waals surface area contributed by atoms with Crippen LogP contribution in [0, 0.1) is 0 Å². The number of hydrogen-bond acceptors (Lipinski definition) is 1. The molecule has 1 N–H and O–H groups in total. The molecule has 0 radical (unpaired) electrons. The molecular weight excluding hydrogens is 181 g/mol. The van der Waals surface area contributed by atoms with Gasteiger partial charge in [-0.3, -0.25) is 0 Å². The molecule has 6 heteroatoms. The van der Waals surface area contributed by atoms with Crippen LogP contribution in [0.5, 0.6) is 0 Å². The normalized spacial score (nSPS) is 18.6. The van der Waals surface area contributed by atoms with Crippen LogP contribution < -0.4 is 56.7 Å². The summed E-state index contributed by atoms with van der Waals surface area (Å²) in [4.78, 5) is 0. The van der Waals surface area contributed by atoms with Gasteiger partial charge in [0.05, 0.1) is 0 Å². The molecule has 0 spiro atoms. The summed E-state index contributed by atoms with van der Waals surface area (Å²) in [5.41, 5.74) is -0.383. The summed E-state index contributed by atoms with van der Waals surface area (Å²) in [5.74, 6) is 0. The molecule has 1 heterocycles. The molecular formula is C5H8BF3KN. The van der Waals surface area contributed by atoms with Crippen molar-refractivity contribution < 1.29 is 64.3 Å². The van der Waals surface area contributed by atoms with Gasteiger partial charge in [0, 0.05) is 0 Å². The van der Waals surface area contributed by atoms with E-state index in [1.807, 2.05) is 0 Å². The summed E-state index contributed by atoms with van der Waals surface area (Å²) >= 11 is 0. The average Bonchev–Trinajstić information content (AvgIpc) is 1.88. The second-order valence-electron chi connectivity index (χ2n) is 2.32. The van der Waals surface area contributed by atoms with E-state index in [0.717, 1.165) is 0 Å². The van der Waals surface area contributed by atoms with Gasteiger partial charge in [-0.25, -0.2) is 0 Å².